The molecule has 0 saturated heterocycles. The van der Waals surface area contributed by atoms with E-state index in [9.17, 15) is 24.3 Å². The Kier molecular flexibility index (Phi) is 15.6. The normalized spacial score (nSPS) is 15.3. The number of hydrogen-bond acceptors (Lipinski definition) is 11. The van der Waals surface area contributed by atoms with Crippen molar-refractivity contribution in [3.05, 3.63) is 23.8 Å². The summed E-state index contributed by atoms with van der Waals surface area (Å²) < 4.78 is 31.6. The predicted octanol–water partition coefficient (Wildman–Crippen LogP) is 6.32. The van der Waals surface area contributed by atoms with Gasteiger partial charge in [-0.3, -0.25) is 4.79 Å². The van der Waals surface area contributed by atoms with E-state index >= 15 is 0 Å². The van der Waals surface area contributed by atoms with Crippen molar-refractivity contribution < 1.29 is 52.7 Å². The van der Waals surface area contributed by atoms with E-state index in [1.807, 2.05) is 20.8 Å². The highest BCUT2D eigenvalue weighted by Gasteiger charge is 2.31. The number of nitrogens with two attached hydrogens (primary N) is 1. The molecule has 0 aliphatic heterocycles. The SMILES string of the molecule is CCCC(C)OC(=O)Oc1ccc(C(CC(C)OC(=O)OC(C)CC)[C@H](N)C(=O)O)cc1OC(=O)OC(C)CCC. The van der Waals surface area contributed by atoms with Gasteiger partial charge in [0.05, 0.1) is 0 Å². The van der Waals surface area contributed by atoms with Crippen molar-refractivity contribution in [3.8, 4) is 11.5 Å². The Bertz CT molecular complexity index is 999. The summed E-state index contributed by atoms with van der Waals surface area (Å²) in [5, 5.41) is 9.68. The third-order valence-corrected chi connectivity index (χ3v) is 6.24. The first-order chi connectivity index (χ1) is 19.3. The molecular formula is C29H45NO11. The summed E-state index contributed by atoms with van der Waals surface area (Å²) in [6.07, 6.45) is -1.50. The van der Waals surface area contributed by atoms with Gasteiger partial charge in [0.1, 0.15) is 30.5 Å². The molecule has 0 saturated carbocycles. The van der Waals surface area contributed by atoms with E-state index in [-0.39, 0.29) is 24.0 Å². The summed E-state index contributed by atoms with van der Waals surface area (Å²) in [6.45, 7) is 12.5. The molecule has 0 heterocycles. The quantitative estimate of drug-likeness (QED) is 0.126. The van der Waals surface area contributed by atoms with Gasteiger partial charge in [-0.1, -0.05) is 39.7 Å². The Morgan fingerprint density at radius 1 is 0.732 bits per heavy atom. The van der Waals surface area contributed by atoms with Crippen LogP contribution >= 0.6 is 0 Å². The van der Waals surface area contributed by atoms with Gasteiger partial charge >= 0.3 is 24.4 Å². The van der Waals surface area contributed by atoms with Crippen LogP contribution in [0.2, 0.25) is 0 Å². The second-order valence-electron chi connectivity index (χ2n) is 10.1. The fourth-order valence-electron chi connectivity index (χ4n) is 3.91. The molecule has 12 heteroatoms. The lowest BCUT2D eigenvalue weighted by Gasteiger charge is -2.25. The highest BCUT2D eigenvalue weighted by molar-refractivity contribution is 5.75. The minimum atomic E-state index is -1.41. The van der Waals surface area contributed by atoms with Crippen LogP contribution in [-0.4, -0.2) is 60.0 Å². The molecule has 0 radical (unpaired) electrons. The molecule has 232 valence electrons. The van der Waals surface area contributed by atoms with E-state index in [4.69, 9.17) is 34.2 Å². The van der Waals surface area contributed by atoms with Crippen molar-refractivity contribution in [3.63, 3.8) is 0 Å². The molecule has 1 aromatic rings. The maximum Gasteiger partial charge on any atom is 0.514 e. The molecule has 5 unspecified atom stereocenters. The molecule has 12 nitrogen and oxygen atoms in total. The minimum absolute atomic E-state index is 0.00271. The molecule has 0 aliphatic rings. The van der Waals surface area contributed by atoms with Crippen molar-refractivity contribution in [1.29, 1.82) is 0 Å². The summed E-state index contributed by atoms with van der Waals surface area (Å²) >= 11 is 0. The Labute approximate surface area is 241 Å². The number of rotatable bonds is 16. The van der Waals surface area contributed by atoms with E-state index in [1.54, 1.807) is 27.7 Å². The minimum Gasteiger partial charge on any atom is -0.480 e. The first-order valence-electron chi connectivity index (χ1n) is 14.1. The number of ether oxygens (including phenoxy) is 6. The third-order valence-electron chi connectivity index (χ3n) is 6.24. The number of benzene rings is 1. The fourth-order valence-corrected chi connectivity index (χ4v) is 3.91. The average Bonchev–Trinajstić information content (AvgIpc) is 2.87. The lowest BCUT2D eigenvalue weighted by Crippen LogP contribution is -2.38. The van der Waals surface area contributed by atoms with Crippen LogP contribution in [0.3, 0.4) is 0 Å². The Morgan fingerprint density at radius 2 is 1.22 bits per heavy atom. The Balaban J connectivity index is 3.32. The predicted molar refractivity (Wildman–Crippen MR) is 149 cm³/mol. The van der Waals surface area contributed by atoms with Gasteiger partial charge in [0.25, 0.3) is 0 Å². The molecule has 0 aliphatic carbocycles. The molecule has 1 aromatic carbocycles. The zero-order chi connectivity index (χ0) is 31.1. The average molecular weight is 584 g/mol. The second kappa shape index (κ2) is 18.0. The molecule has 1 rings (SSSR count). The summed E-state index contributed by atoms with van der Waals surface area (Å²) in [5.41, 5.74) is 6.35. The van der Waals surface area contributed by atoms with Crippen molar-refractivity contribution in [2.24, 2.45) is 5.73 Å². The van der Waals surface area contributed by atoms with Gasteiger partial charge in [-0.2, -0.15) is 0 Å². The molecule has 41 heavy (non-hydrogen) atoms. The summed E-state index contributed by atoms with van der Waals surface area (Å²) in [5.74, 6) is -2.55. The van der Waals surface area contributed by atoms with Crippen LogP contribution in [-0.2, 0) is 23.7 Å². The smallest absolute Gasteiger partial charge is 0.480 e. The molecule has 0 spiro atoms. The van der Waals surface area contributed by atoms with Crippen LogP contribution in [0.25, 0.3) is 0 Å². The van der Waals surface area contributed by atoms with Gasteiger partial charge in [0.15, 0.2) is 11.5 Å². The largest absolute Gasteiger partial charge is 0.514 e. The molecule has 0 bridgehead atoms. The lowest BCUT2D eigenvalue weighted by atomic mass is 9.87. The Hall–Kier alpha value is -3.54. The summed E-state index contributed by atoms with van der Waals surface area (Å²) in [4.78, 5) is 48.9. The molecule has 3 N–H and O–H groups in total. The van der Waals surface area contributed by atoms with Gasteiger partial charge in [-0.25, -0.2) is 14.4 Å². The zero-order valence-electron chi connectivity index (χ0n) is 25.0. The zero-order valence-corrected chi connectivity index (χ0v) is 25.0. The number of carbonyl (C=O) groups excluding carboxylic acids is 3. The van der Waals surface area contributed by atoms with E-state index in [1.165, 1.54) is 18.2 Å². The van der Waals surface area contributed by atoms with E-state index in [0.717, 1.165) is 12.8 Å². The maximum absolute atomic E-state index is 12.5. The number of carboxylic acids is 1. The first-order valence-corrected chi connectivity index (χ1v) is 14.1. The first kappa shape index (κ1) is 35.5. The fraction of sp³-hybridized carbons (Fsp3) is 0.655. The van der Waals surface area contributed by atoms with Gasteiger partial charge in [0, 0.05) is 5.92 Å². The van der Waals surface area contributed by atoms with Gasteiger partial charge in [-0.05, 0) is 71.1 Å². The lowest BCUT2D eigenvalue weighted by molar-refractivity contribution is -0.139. The van der Waals surface area contributed by atoms with Crippen LogP contribution in [0.4, 0.5) is 14.4 Å². The van der Waals surface area contributed by atoms with Gasteiger partial charge < -0.3 is 39.3 Å². The monoisotopic (exact) mass is 583 g/mol. The number of carbonyl (C=O) groups is 4. The molecule has 0 amide bonds. The number of carboxylic acid groups (broad SMARTS) is 1. The van der Waals surface area contributed by atoms with Crippen molar-refractivity contribution in [2.75, 3.05) is 0 Å². The molecular weight excluding hydrogens is 538 g/mol. The van der Waals surface area contributed by atoms with E-state index in [2.05, 4.69) is 0 Å². The highest BCUT2D eigenvalue weighted by atomic mass is 16.8. The Morgan fingerprint density at radius 3 is 1.71 bits per heavy atom. The molecule has 0 fully saturated rings. The third kappa shape index (κ3) is 13.1. The second-order valence-corrected chi connectivity index (χ2v) is 10.1. The van der Waals surface area contributed by atoms with Gasteiger partial charge in [-0.15, -0.1) is 0 Å². The number of hydrogen-bond donors (Lipinski definition) is 2. The number of aliphatic carboxylic acids is 1. The van der Waals surface area contributed by atoms with Crippen LogP contribution in [0, 0.1) is 0 Å². The standard InChI is InChI=1S/C29H45NO11/c1-8-11-18(5)37-28(34)40-23-14-13-21(16-24(23)41-29(35)38-19(6)12-9-2)22(25(30)26(31)32)15-20(7)39-27(33)36-17(4)10-3/h13-14,16-20,22,25H,8-12,15,30H2,1-7H3,(H,31,32)/t17?,18?,19?,20?,22?,25-/m0/s1. The van der Waals surface area contributed by atoms with Crippen LogP contribution in [0.15, 0.2) is 18.2 Å². The van der Waals surface area contributed by atoms with Crippen molar-refractivity contribution >= 4 is 24.4 Å². The van der Waals surface area contributed by atoms with Crippen LogP contribution in [0.1, 0.15) is 98.5 Å². The topological polar surface area (TPSA) is 170 Å². The summed E-state index contributed by atoms with van der Waals surface area (Å²) in [6, 6.07) is 2.74. The van der Waals surface area contributed by atoms with Gasteiger partial charge in [0.2, 0.25) is 0 Å². The van der Waals surface area contributed by atoms with Crippen molar-refractivity contribution in [2.45, 2.75) is 123 Å². The van der Waals surface area contributed by atoms with E-state index in [0.29, 0.717) is 24.8 Å². The van der Waals surface area contributed by atoms with Crippen LogP contribution < -0.4 is 15.2 Å². The van der Waals surface area contributed by atoms with Crippen LogP contribution in [0.5, 0.6) is 11.5 Å². The van der Waals surface area contributed by atoms with Crippen molar-refractivity contribution in [1.82, 2.24) is 0 Å². The molecule has 6 atom stereocenters. The molecule has 0 aromatic heterocycles. The summed E-state index contributed by atoms with van der Waals surface area (Å²) in [7, 11) is 0. The van der Waals surface area contributed by atoms with E-state index < -0.39 is 54.7 Å². The maximum atomic E-state index is 12.5. The highest BCUT2D eigenvalue weighted by Crippen LogP contribution is 2.35.